The smallest absolute Gasteiger partial charge is 0.251 e. The topological polar surface area (TPSA) is 60.5 Å². The summed E-state index contributed by atoms with van der Waals surface area (Å²) in [5.41, 5.74) is 1.52. The monoisotopic (exact) mass is 334 g/mol. The molecule has 0 radical (unpaired) electrons. The van der Waals surface area contributed by atoms with Crippen molar-refractivity contribution >= 4 is 5.91 Å². The van der Waals surface area contributed by atoms with E-state index in [1.54, 1.807) is 43.6 Å². The Balaban J connectivity index is 1.62. The highest BCUT2D eigenvalue weighted by atomic mass is 16.5. The summed E-state index contributed by atoms with van der Waals surface area (Å²) in [4.78, 5) is 16.4. The van der Waals surface area contributed by atoms with E-state index in [-0.39, 0.29) is 5.91 Å². The van der Waals surface area contributed by atoms with Crippen molar-refractivity contribution in [3.63, 3.8) is 0 Å². The zero-order valence-corrected chi connectivity index (χ0v) is 13.8. The van der Waals surface area contributed by atoms with E-state index in [1.807, 2.05) is 36.4 Å². The van der Waals surface area contributed by atoms with E-state index >= 15 is 0 Å². The van der Waals surface area contributed by atoms with Crippen LogP contribution in [0.4, 0.5) is 0 Å². The van der Waals surface area contributed by atoms with Crippen LogP contribution in [0.25, 0.3) is 0 Å². The van der Waals surface area contributed by atoms with Crippen LogP contribution < -0.4 is 14.8 Å². The molecule has 0 aliphatic heterocycles. The van der Waals surface area contributed by atoms with Crippen LogP contribution in [0.15, 0.2) is 72.9 Å². The molecule has 1 heterocycles. The molecule has 126 valence electrons. The number of nitrogens with one attached hydrogen (secondary N) is 1. The van der Waals surface area contributed by atoms with Gasteiger partial charge in [-0.2, -0.15) is 0 Å². The molecule has 0 bridgehead atoms. The molecule has 0 unspecified atom stereocenters. The minimum Gasteiger partial charge on any atom is -0.497 e. The summed E-state index contributed by atoms with van der Waals surface area (Å²) in [5.74, 6) is 1.67. The second-order valence-corrected chi connectivity index (χ2v) is 5.33. The molecule has 0 aliphatic carbocycles. The molecule has 25 heavy (non-hydrogen) atoms. The number of aromatic nitrogens is 1. The van der Waals surface area contributed by atoms with Crippen molar-refractivity contribution in [2.45, 2.75) is 6.54 Å². The van der Waals surface area contributed by atoms with Gasteiger partial charge in [0.25, 0.3) is 5.91 Å². The van der Waals surface area contributed by atoms with Crippen molar-refractivity contribution in [2.24, 2.45) is 0 Å². The number of carbonyl (C=O) groups excluding carboxylic acids is 1. The van der Waals surface area contributed by atoms with Crippen molar-refractivity contribution in [2.75, 3.05) is 7.11 Å². The van der Waals surface area contributed by atoms with Gasteiger partial charge in [-0.3, -0.25) is 4.79 Å². The van der Waals surface area contributed by atoms with Crippen LogP contribution in [0.2, 0.25) is 0 Å². The Hall–Kier alpha value is -3.34. The lowest BCUT2D eigenvalue weighted by Crippen LogP contribution is -2.22. The Morgan fingerprint density at radius 3 is 2.56 bits per heavy atom. The number of hydrogen-bond donors (Lipinski definition) is 1. The predicted molar refractivity (Wildman–Crippen MR) is 94.9 cm³/mol. The third-order valence-electron chi connectivity index (χ3n) is 3.57. The number of rotatable bonds is 6. The van der Waals surface area contributed by atoms with Gasteiger partial charge < -0.3 is 14.8 Å². The van der Waals surface area contributed by atoms with Gasteiger partial charge in [-0.25, -0.2) is 4.98 Å². The van der Waals surface area contributed by atoms with Crippen molar-refractivity contribution in [3.8, 4) is 17.4 Å². The Kier molecular flexibility index (Phi) is 5.26. The van der Waals surface area contributed by atoms with Crippen LogP contribution in [-0.4, -0.2) is 18.0 Å². The minimum absolute atomic E-state index is 0.165. The molecule has 0 saturated carbocycles. The summed E-state index contributed by atoms with van der Waals surface area (Å²) < 4.78 is 10.8. The van der Waals surface area contributed by atoms with Crippen LogP contribution in [-0.2, 0) is 6.54 Å². The minimum atomic E-state index is -0.165. The number of amides is 1. The quantitative estimate of drug-likeness (QED) is 0.744. The van der Waals surface area contributed by atoms with Crippen LogP contribution in [0.1, 0.15) is 15.9 Å². The molecule has 1 aromatic heterocycles. The van der Waals surface area contributed by atoms with Gasteiger partial charge in [0.2, 0.25) is 5.88 Å². The number of methoxy groups -OCH3 is 1. The number of benzene rings is 2. The molecule has 3 rings (SSSR count). The molecule has 0 fully saturated rings. The fraction of sp³-hybridized carbons (Fsp3) is 0.100. The Morgan fingerprint density at radius 2 is 1.84 bits per heavy atom. The van der Waals surface area contributed by atoms with Gasteiger partial charge in [-0.05, 0) is 42.0 Å². The lowest BCUT2D eigenvalue weighted by Gasteiger charge is -2.08. The first-order valence-electron chi connectivity index (χ1n) is 7.85. The molecule has 5 heteroatoms. The van der Waals surface area contributed by atoms with Crippen molar-refractivity contribution in [1.29, 1.82) is 0 Å². The van der Waals surface area contributed by atoms with Gasteiger partial charge in [-0.15, -0.1) is 0 Å². The van der Waals surface area contributed by atoms with E-state index in [0.717, 1.165) is 11.3 Å². The summed E-state index contributed by atoms with van der Waals surface area (Å²) in [5, 5.41) is 2.89. The highest BCUT2D eigenvalue weighted by Gasteiger charge is 2.07. The Bertz CT molecular complexity index is 833. The van der Waals surface area contributed by atoms with E-state index in [9.17, 15) is 4.79 Å². The van der Waals surface area contributed by atoms with Crippen LogP contribution in [0.3, 0.4) is 0 Å². The molecule has 0 saturated heterocycles. The summed E-state index contributed by atoms with van der Waals surface area (Å²) in [6.07, 6.45) is 1.65. The molecule has 0 atom stereocenters. The van der Waals surface area contributed by atoms with Crippen LogP contribution in [0.5, 0.6) is 17.4 Å². The van der Waals surface area contributed by atoms with Gasteiger partial charge in [-0.1, -0.05) is 24.3 Å². The lowest BCUT2D eigenvalue weighted by molar-refractivity contribution is 0.0950. The fourth-order valence-corrected chi connectivity index (χ4v) is 2.26. The average Bonchev–Trinajstić information content (AvgIpc) is 2.67. The second-order valence-electron chi connectivity index (χ2n) is 5.33. The number of ether oxygens (including phenoxy) is 2. The van der Waals surface area contributed by atoms with Gasteiger partial charge in [0.05, 0.1) is 7.11 Å². The SMILES string of the molecule is COc1ccc(CNC(=O)c2cccc(Oc3ccccn3)c2)cc1. The second kappa shape index (κ2) is 7.97. The van der Waals surface area contributed by atoms with Gasteiger partial charge in [0.1, 0.15) is 11.5 Å². The number of hydrogen-bond acceptors (Lipinski definition) is 4. The molecule has 0 aliphatic rings. The highest BCUT2D eigenvalue weighted by Crippen LogP contribution is 2.20. The standard InChI is InChI=1S/C20H18N2O3/c1-24-17-10-8-15(9-11-17)14-22-20(23)16-5-4-6-18(13-16)25-19-7-2-3-12-21-19/h2-13H,14H2,1H3,(H,22,23). The normalized spacial score (nSPS) is 10.1. The Labute approximate surface area is 146 Å². The zero-order valence-electron chi connectivity index (χ0n) is 13.8. The van der Waals surface area contributed by atoms with Gasteiger partial charge in [0, 0.05) is 24.4 Å². The van der Waals surface area contributed by atoms with E-state index in [1.165, 1.54) is 0 Å². The first-order chi connectivity index (χ1) is 12.2. The predicted octanol–water partition coefficient (Wildman–Crippen LogP) is 3.81. The zero-order chi connectivity index (χ0) is 17.5. The van der Waals surface area contributed by atoms with Gasteiger partial charge in [0.15, 0.2) is 0 Å². The lowest BCUT2D eigenvalue weighted by atomic mass is 10.2. The first kappa shape index (κ1) is 16.5. The Morgan fingerprint density at radius 1 is 1.00 bits per heavy atom. The number of pyridine rings is 1. The molecular weight excluding hydrogens is 316 g/mol. The molecule has 3 aromatic rings. The first-order valence-corrected chi connectivity index (χ1v) is 7.85. The number of nitrogens with zero attached hydrogens (tertiary/aromatic N) is 1. The van der Waals surface area contributed by atoms with Crippen molar-refractivity contribution < 1.29 is 14.3 Å². The third-order valence-corrected chi connectivity index (χ3v) is 3.57. The maximum atomic E-state index is 12.3. The molecule has 2 aromatic carbocycles. The maximum Gasteiger partial charge on any atom is 0.251 e. The molecule has 1 amide bonds. The molecule has 5 nitrogen and oxygen atoms in total. The van der Waals surface area contributed by atoms with Crippen LogP contribution >= 0.6 is 0 Å². The summed E-state index contributed by atoms with van der Waals surface area (Å²) >= 11 is 0. The van der Waals surface area contributed by atoms with E-state index < -0.39 is 0 Å². The third kappa shape index (κ3) is 4.57. The molecule has 1 N–H and O–H groups in total. The summed E-state index contributed by atoms with van der Waals surface area (Å²) in [6.45, 7) is 0.439. The summed E-state index contributed by atoms with van der Waals surface area (Å²) in [6, 6.07) is 20.0. The molecular formula is C20H18N2O3. The van der Waals surface area contributed by atoms with E-state index in [0.29, 0.717) is 23.7 Å². The average molecular weight is 334 g/mol. The van der Waals surface area contributed by atoms with Gasteiger partial charge >= 0.3 is 0 Å². The van der Waals surface area contributed by atoms with Crippen molar-refractivity contribution in [1.82, 2.24) is 10.3 Å². The van der Waals surface area contributed by atoms with E-state index in [2.05, 4.69) is 10.3 Å². The largest absolute Gasteiger partial charge is 0.497 e. The molecule has 0 spiro atoms. The van der Waals surface area contributed by atoms with Crippen molar-refractivity contribution in [3.05, 3.63) is 84.1 Å². The highest BCUT2D eigenvalue weighted by molar-refractivity contribution is 5.94. The fourth-order valence-electron chi connectivity index (χ4n) is 2.26. The van der Waals surface area contributed by atoms with Crippen LogP contribution in [0, 0.1) is 0 Å². The summed E-state index contributed by atoms with van der Waals surface area (Å²) in [7, 11) is 1.62. The van der Waals surface area contributed by atoms with E-state index in [4.69, 9.17) is 9.47 Å². The maximum absolute atomic E-state index is 12.3. The number of carbonyl (C=O) groups is 1.